The number of carbonyl (C=O) groups excluding carboxylic acids is 2. The van der Waals surface area contributed by atoms with E-state index in [0.29, 0.717) is 37.4 Å². The van der Waals surface area contributed by atoms with Gasteiger partial charge in [-0.1, -0.05) is 25.1 Å². The smallest absolute Gasteiger partial charge is 0.287 e. The van der Waals surface area contributed by atoms with Crippen molar-refractivity contribution in [2.45, 2.75) is 39.4 Å². The van der Waals surface area contributed by atoms with Gasteiger partial charge in [-0.2, -0.15) is 5.26 Å². The monoisotopic (exact) mass is 558 g/mol. The third-order valence-electron chi connectivity index (χ3n) is 6.77. The van der Waals surface area contributed by atoms with E-state index in [1.807, 2.05) is 66.1 Å². The van der Waals surface area contributed by atoms with Gasteiger partial charge in [-0.05, 0) is 72.6 Å². The highest BCUT2D eigenvalue weighted by Crippen LogP contribution is 2.27. The lowest BCUT2D eigenvalue weighted by Gasteiger charge is -2.24. The van der Waals surface area contributed by atoms with Crippen molar-refractivity contribution in [1.29, 1.82) is 5.26 Å². The van der Waals surface area contributed by atoms with E-state index < -0.39 is 0 Å². The summed E-state index contributed by atoms with van der Waals surface area (Å²) in [7, 11) is 0. The van der Waals surface area contributed by atoms with E-state index in [2.05, 4.69) is 21.4 Å². The zero-order valence-corrected chi connectivity index (χ0v) is 23.2. The molecule has 2 aromatic carbocycles. The average molecular weight is 559 g/mol. The molecule has 5 aromatic rings. The lowest BCUT2D eigenvalue weighted by atomic mass is 10.1. The lowest BCUT2D eigenvalue weighted by Crippen LogP contribution is -2.31. The van der Waals surface area contributed by atoms with Crippen LogP contribution in [0.1, 0.15) is 52.8 Å². The number of hydrogen-bond donors (Lipinski definition) is 1. The molecular formula is C33H30N6O3. The van der Waals surface area contributed by atoms with Gasteiger partial charge in [0.15, 0.2) is 5.76 Å². The summed E-state index contributed by atoms with van der Waals surface area (Å²) in [6.07, 6.45) is 6.35. The molecule has 42 heavy (non-hydrogen) atoms. The van der Waals surface area contributed by atoms with Crippen molar-refractivity contribution in [2.75, 3.05) is 4.90 Å². The number of amides is 2. The number of nitriles is 1. The highest BCUT2D eigenvalue weighted by molar-refractivity contribution is 5.94. The van der Waals surface area contributed by atoms with E-state index in [0.717, 1.165) is 34.6 Å². The van der Waals surface area contributed by atoms with E-state index in [1.165, 1.54) is 0 Å². The van der Waals surface area contributed by atoms with Gasteiger partial charge in [0, 0.05) is 36.6 Å². The highest BCUT2D eigenvalue weighted by Gasteiger charge is 2.19. The van der Waals surface area contributed by atoms with Gasteiger partial charge in [0.2, 0.25) is 5.91 Å². The molecule has 210 valence electrons. The Bertz CT molecular complexity index is 1680. The quantitative estimate of drug-likeness (QED) is 0.222. The third-order valence-corrected chi connectivity index (χ3v) is 6.77. The third kappa shape index (κ3) is 6.80. The second-order valence-corrected chi connectivity index (χ2v) is 9.77. The van der Waals surface area contributed by atoms with Crippen LogP contribution in [0.25, 0.3) is 11.3 Å². The Hall–Kier alpha value is -5.49. The van der Waals surface area contributed by atoms with Crippen molar-refractivity contribution in [3.05, 3.63) is 126 Å². The molecule has 2 amide bonds. The van der Waals surface area contributed by atoms with Gasteiger partial charge in [-0.25, -0.2) is 4.98 Å². The number of carbonyl (C=O) groups is 2. The molecule has 0 spiro atoms. The second kappa shape index (κ2) is 13.2. The average Bonchev–Trinajstić information content (AvgIpc) is 3.70. The SMILES string of the molecule is CCCC(=O)N(Cc1cncn1Cc1ccc(C#N)cc1)c1ccc(-c2ccc(C(=O)NCc3ccccn3)o2)cc1. The van der Waals surface area contributed by atoms with Crippen molar-refractivity contribution >= 4 is 17.5 Å². The van der Waals surface area contributed by atoms with Crippen LogP contribution in [0.3, 0.4) is 0 Å². The normalized spacial score (nSPS) is 10.7. The number of furan rings is 1. The summed E-state index contributed by atoms with van der Waals surface area (Å²) < 4.78 is 7.84. The van der Waals surface area contributed by atoms with Gasteiger partial charge in [0.25, 0.3) is 5.91 Å². The Labute approximate surface area is 244 Å². The molecule has 0 aliphatic rings. The second-order valence-electron chi connectivity index (χ2n) is 9.77. The highest BCUT2D eigenvalue weighted by atomic mass is 16.3. The molecule has 0 aliphatic heterocycles. The maximum Gasteiger partial charge on any atom is 0.287 e. The molecule has 3 heterocycles. The Kier molecular flexibility index (Phi) is 8.85. The first-order chi connectivity index (χ1) is 20.5. The van der Waals surface area contributed by atoms with Gasteiger partial charge < -0.3 is 19.2 Å². The predicted molar refractivity (Wildman–Crippen MR) is 158 cm³/mol. The van der Waals surface area contributed by atoms with E-state index >= 15 is 0 Å². The Balaban J connectivity index is 1.29. The number of nitrogens with zero attached hydrogens (tertiary/aromatic N) is 5. The summed E-state index contributed by atoms with van der Waals surface area (Å²) in [6.45, 7) is 3.22. The number of benzene rings is 2. The zero-order valence-electron chi connectivity index (χ0n) is 23.2. The number of nitrogens with one attached hydrogen (secondary N) is 1. The lowest BCUT2D eigenvalue weighted by molar-refractivity contribution is -0.118. The molecular weight excluding hydrogens is 528 g/mol. The van der Waals surface area contributed by atoms with Crippen LogP contribution in [0.5, 0.6) is 0 Å². The number of aromatic nitrogens is 3. The predicted octanol–water partition coefficient (Wildman–Crippen LogP) is 5.72. The topological polar surface area (TPSA) is 117 Å². The van der Waals surface area contributed by atoms with Crippen LogP contribution >= 0.6 is 0 Å². The molecule has 9 nitrogen and oxygen atoms in total. The maximum atomic E-state index is 13.2. The minimum Gasteiger partial charge on any atom is -0.451 e. The largest absolute Gasteiger partial charge is 0.451 e. The number of imidazole rings is 1. The van der Waals surface area contributed by atoms with Gasteiger partial charge >= 0.3 is 0 Å². The number of hydrogen-bond acceptors (Lipinski definition) is 6. The standard InChI is InChI=1S/C33H30N6O3/c1-2-5-32(40)39(22-29-20-35-23-38(29)21-25-9-7-24(18-34)8-10-25)28-13-11-26(12-14-28)30-15-16-31(42-30)33(41)37-19-27-6-3-4-17-36-27/h3-4,6-17,20,23H,2,5,19,21-22H2,1H3,(H,37,41). The van der Waals surface area contributed by atoms with Crippen LogP contribution in [-0.4, -0.2) is 26.3 Å². The Morgan fingerprint density at radius 2 is 1.83 bits per heavy atom. The maximum absolute atomic E-state index is 13.2. The van der Waals surface area contributed by atoms with Crippen LogP contribution in [0.2, 0.25) is 0 Å². The fraction of sp³-hybridized carbons (Fsp3) is 0.182. The van der Waals surface area contributed by atoms with Crippen molar-refractivity contribution < 1.29 is 14.0 Å². The van der Waals surface area contributed by atoms with Crippen molar-refractivity contribution in [2.24, 2.45) is 0 Å². The van der Waals surface area contributed by atoms with Gasteiger partial charge in [-0.15, -0.1) is 0 Å². The molecule has 0 atom stereocenters. The van der Waals surface area contributed by atoms with Crippen molar-refractivity contribution in [3.8, 4) is 17.4 Å². The summed E-state index contributed by atoms with van der Waals surface area (Å²) in [4.78, 5) is 36.1. The van der Waals surface area contributed by atoms with Crippen molar-refractivity contribution in [1.82, 2.24) is 19.9 Å². The van der Waals surface area contributed by atoms with Crippen LogP contribution in [0.15, 0.2) is 102 Å². The number of rotatable bonds is 11. The summed E-state index contributed by atoms with van der Waals surface area (Å²) in [5, 5.41) is 11.9. The first-order valence-electron chi connectivity index (χ1n) is 13.7. The minimum atomic E-state index is -0.322. The molecule has 0 radical (unpaired) electrons. The molecule has 0 bridgehead atoms. The van der Waals surface area contributed by atoms with Gasteiger partial charge in [0.05, 0.1) is 42.4 Å². The number of pyridine rings is 1. The Morgan fingerprint density at radius 1 is 1.02 bits per heavy atom. The van der Waals surface area contributed by atoms with Crippen LogP contribution in [-0.2, 0) is 24.4 Å². The van der Waals surface area contributed by atoms with E-state index in [9.17, 15) is 9.59 Å². The van der Waals surface area contributed by atoms with Crippen LogP contribution in [0, 0.1) is 11.3 Å². The van der Waals surface area contributed by atoms with E-state index in [1.54, 1.807) is 47.9 Å². The molecule has 0 saturated carbocycles. The van der Waals surface area contributed by atoms with Crippen LogP contribution < -0.4 is 10.2 Å². The summed E-state index contributed by atoms with van der Waals surface area (Å²) >= 11 is 0. The van der Waals surface area contributed by atoms with Crippen LogP contribution in [0.4, 0.5) is 5.69 Å². The fourth-order valence-corrected chi connectivity index (χ4v) is 4.52. The summed E-state index contributed by atoms with van der Waals surface area (Å²) in [6, 6.07) is 26.0. The van der Waals surface area contributed by atoms with Gasteiger partial charge in [-0.3, -0.25) is 14.6 Å². The Morgan fingerprint density at radius 3 is 2.55 bits per heavy atom. The summed E-state index contributed by atoms with van der Waals surface area (Å²) in [5.74, 6) is 0.454. The zero-order chi connectivity index (χ0) is 29.3. The summed E-state index contributed by atoms with van der Waals surface area (Å²) in [5.41, 5.74) is 4.83. The molecule has 0 aliphatic carbocycles. The molecule has 0 saturated heterocycles. The molecule has 1 N–H and O–H groups in total. The first-order valence-corrected chi connectivity index (χ1v) is 13.7. The first kappa shape index (κ1) is 28.1. The molecule has 5 rings (SSSR count). The molecule has 3 aromatic heterocycles. The fourth-order valence-electron chi connectivity index (χ4n) is 4.52. The molecule has 0 fully saturated rings. The minimum absolute atomic E-state index is 0.0150. The van der Waals surface area contributed by atoms with E-state index in [4.69, 9.17) is 9.68 Å². The number of anilines is 1. The molecule has 0 unspecified atom stereocenters. The van der Waals surface area contributed by atoms with Gasteiger partial charge in [0.1, 0.15) is 5.76 Å². The van der Waals surface area contributed by atoms with Crippen molar-refractivity contribution in [3.63, 3.8) is 0 Å². The van der Waals surface area contributed by atoms with E-state index in [-0.39, 0.29) is 17.6 Å². The molecule has 9 heteroatoms.